The number of nitrogens with zero attached hydrogens (tertiary/aromatic N) is 2. The minimum absolute atomic E-state index is 0.213. The van der Waals surface area contributed by atoms with Gasteiger partial charge in [-0.2, -0.15) is 10.5 Å². The zero-order chi connectivity index (χ0) is 14.9. The van der Waals surface area contributed by atoms with E-state index in [9.17, 15) is 9.59 Å². The highest BCUT2D eigenvalue weighted by Crippen LogP contribution is 2.39. The van der Waals surface area contributed by atoms with Gasteiger partial charge in [-0.3, -0.25) is 14.9 Å². The molecule has 7 heteroatoms. The first-order valence-electron chi connectivity index (χ1n) is 5.58. The summed E-state index contributed by atoms with van der Waals surface area (Å²) in [5.74, 6) is -4.66. The quantitative estimate of drug-likeness (QED) is 0.803. The third-order valence-electron chi connectivity index (χ3n) is 3.13. The molecule has 1 heterocycles. The zero-order valence-corrected chi connectivity index (χ0v) is 11.4. The molecule has 0 radical (unpaired) electrons. The Kier molecular flexibility index (Phi) is 3.94. The van der Waals surface area contributed by atoms with E-state index in [2.05, 4.69) is 0 Å². The van der Waals surface area contributed by atoms with Gasteiger partial charge in [0.05, 0.1) is 12.1 Å². The van der Waals surface area contributed by atoms with Crippen molar-refractivity contribution in [3.63, 3.8) is 0 Å². The van der Waals surface area contributed by atoms with Gasteiger partial charge >= 0.3 is 0 Å². The molecule has 0 spiro atoms. The number of imide groups is 1. The number of nitrogens with one attached hydrogen (secondary N) is 1. The summed E-state index contributed by atoms with van der Waals surface area (Å²) >= 11 is 11.8. The molecule has 1 saturated heterocycles. The number of halogens is 2. The predicted molar refractivity (Wildman–Crippen MR) is 70.6 cm³/mol. The van der Waals surface area contributed by atoms with Crippen molar-refractivity contribution in [2.75, 3.05) is 0 Å². The predicted octanol–water partition coefficient (Wildman–Crippen LogP) is 2.01. The van der Waals surface area contributed by atoms with Crippen LogP contribution in [-0.4, -0.2) is 11.8 Å². The van der Waals surface area contributed by atoms with E-state index in [1.54, 1.807) is 0 Å². The van der Waals surface area contributed by atoms with Gasteiger partial charge in [0, 0.05) is 16.0 Å². The number of hydrogen-bond donors (Lipinski definition) is 1. The molecule has 20 heavy (non-hydrogen) atoms. The Hall–Kier alpha value is -2.08. The van der Waals surface area contributed by atoms with Crippen LogP contribution < -0.4 is 5.32 Å². The average Bonchev–Trinajstić information content (AvgIpc) is 2.38. The van der Waals surface area contributed by atoms with Gasteiger partial charge in [0.1, 0.15) is 11.8 Å². The first-order valence-corrected chi connectivity index (χ1v) is 6.34. The minimum atomic E-state index is -1.16. The highest BCUT2D eigenvalue weighted by Gasteiger charge is 2.45. The maximum atomic E-state index is 11.7. The summed E-state index contributed by atoms with van der Waals surface area (Å²) in [6, 6.07) is 8.14. The fraction of sp³-hybridized carbons (Fsp3) is 0.231. The molecule has 0 saturated carbocycles. The van der Waals surface area contributed by atoms with Crippen LogP contribution in [0.25, 0.3) is 0 Å². The van der Waals surface area contributed by atoms with Gasteiger partial charge in [-0.1, -0.05) is 29.3 Å². The molecule has 100 valence electrons. The lowest BCUT2D eigenvalue weighted by molar-refractivity contribution is -0.137. The van der Waals surface area contributed by atoms with Crippen LogP contribution in [0.1, 0.15) is 11.5 Å². The van der Waals surface area contributed by atoms with E-state index in [0.29, 0.717) is 10.6 Å². The molecule has 1 aromatic carbocycles. The molecule has 1 fully saturated rings. The van der Waals surface area contributed by atoms with Crippen molar-refractivity contribution in [3.05, 3.63) is 33.8 Å². The number of hydrogen-bond acceptors (Lipinski definition) is 4. The molecular formula is C13H7Cl2N3O2. The van der Waals surface area contributed by atoms with Crippen molar-refractivity contribution in [1.82, 2.24) is 5.32 Å². The summed E-state index contributed by atoms with van der Waals surface area (Å²) in [5.41, 5.74) is 0.386. The van der Waals surface area contributed by atoms with Gasteiger partial charge in [-0.15, -0.1) is 0 Å². The molecule has 0 aromatic heterocycles. The summed E-state index contributed by atoms with van der Waals surface area (Å²) in [6.07, 6.45) is 0. The Labute approximate surface area is 124 Å². The molecule has 3 atom stereocenters. The Morgan fingerprint density at radius 2 is 1.60 bits per heavy atom. The summed E-state index contributed by atoms with van der Waals surface area (Å²) in [4.78, 5) is 23.5. The largest absolute Gasteiger partial charge is 0.294 e. The smallest absolute Gasteiger partial charge is 0.244 e. The standard InChI is InChI=1S/C13H7Cl2N3O2/c14-6-1-2-7(10(15)3-6)11-8(4-16)12(19)18-13(20)9(11)5-17/h1-3,8-9,11H,(H,18,19,20)/t8-,9+,11?. The van der Waals surface area contributed by atoms with Crippen molar-refractivity contribution in [2.45, 2.75) is 5.92 Å². The molecule has 1 unspecified atom stereocenters. The highest BCUT2D eigenvalue weighted by atomic mass is 35.5. The first-order chi connectivity index (χ1) is 9.49. The van der Waals surface area contributed by atoms with Crippen molar-refractivity contribution < 1.29 is 9.59 Å². The Morgan fingerprint density at radius 3 is 2.05 bits per heavy atom. The molecule has 1 aliphatic heterocycles. The summed E-state index contributed by atoms with van der Waals surface area (Å²) in [7, 11) is 0. The van der Waals surface area contributed by atoms with Crippen LogP contribution in [0, 0.1) is 34.5 Å². The second-order valence-electron chi connectivity index (χ2n) is 4.26. The summed E-state index contributed by atoms with van der Waals surface area (Å²) in [5, 5.41) is 20.9. The van der Waals surface area contributed by atoms with Gasteiger partial charge in [0.25, 0.3) is 0 Å². The van der Waals surface area contributed by atoms with Crippen LogP contribution in [-0.2, 0) is 9.59 Å². The van der Waals surface area contributed by atoms with Gasteiger partial charge < -0.3 is 0 Å². The van der Waals surface area contributed by atoms with E-state index in [-0.39, 0.29) is 5.02 Å². The van der Waals surface area contributed by atoms with Crippen LogP contribution >= 0.6 is 23.2 Å². The second kappa shape index (κ2) is 5.50. The van der Waals surface area contributed by atoms with E-state index < -0.39 is 29.6 Å². The van der Waals surface area contributed by atoms with Crippen LogP contribution in [0.4, 0.5) is 0 Å². The maximum Gasteiger partial charge on any atom is 0.244 e. The lowest BCUT2D eigenvalue weighted by Crippen LogP contribution is -2.49. The monoisotopic (exact) mass is 307 g/mol. The van der Waals surface area contributed by atoms with E-state index in [1.165, 1.54) is 18.2 Å². The van der Waals surface area contributed by atoms with Crippen LogP contribution in [0.5, 0.6) is 0 Å². The Bertz CT molecular complexity index is 643. The molecule has 2 amide bonds. The number of nitriles is 2. The van der Waals surface area contributed by atoms with Crippen molar-refractivity contribution in [2.24, 2.45) is 11.8 Å². The number of carbonyl (C=O) groups is 2. The molecule has 5 nitrogen and oxygen atoms in total. The fourth-order valence-electron chi connectivity index (χ4n) is 2.20. The molecule has 0 aliphatic carbocycles. The summed E-state index contributed by atoms with van der Waals surface area (Å²) < 4.78 is 0. The number of benzene rings is 1. The van der Waals surface area contributed by atoms with E-state index in [0.717, 1.165) is 0 Å². The summed E-state index contributed by atoms with van der Waals surface area (Å²) in [6.45, 7) is 0. The third-order valence-corrected chi connectivity index (χ3v) is 3.69. The Morgan fingerprint density at radius 1 is 1.05 bits per heavy atom. The van der Waals surface area contributed by atoms with Crippen LogP contribution in [0.15, 0.2) is 18.2 Å². The van der Waals surface area contributed by atoms with Crippen LogP contribution in [0.3, 0.4) is 0 Å². The van der Waals surface area contributed by atoms with Crippen LogP contribution in [0.2, 0.25) is 10.0 Å². The molecule has 2 rings (SSSR count). The van der Waals surface area contributed by atoms with Gasteiger partial charge in [-0.05, 0) is 17.7 Å². The lowest BCUT2D eigenvalue weighted by atomic mass is 9.74. The van der Waals surface area contributed by atoms with E-state index in [1.807, 2.05) is 17.5 Å². The van der Waals surface area contributed by atoms with Gasteiger partial charge in [-0.25, -0.2) is 0 Å². The lowest BCUT2D eigenvalue weighted by Gasteiger charge is -2.30. The van der Waals surface area contributed by atoms with Crippen molar-refractivity contribution >= 4 is 35.0 Å². The van der Waals surface area contributed by atoms with Gasteiger partial charge in [0.2, 0.25) is 11.8 Å². The third kappa shape index (κ3) is 2.34. The second-order valence-corrected chi connectivity index (χ2v) is 5.10. The van der Waals surface area contributed by atoms with E-state index in [4.69, 9.17) is 33.7 Å². The zero-order valence-electron chi connectivity index (χ0n) is 9.93. The highest BCUT2D eigenvalue weighted by molar-refractivity contribution is 6.35. The molecule has 1 N–H and O–H groups in total. The van der Waals surface area contributed by atoms with Crippen molar-refractivity contribution in [1.29, 1.82) is 10.5 Å². The first kappa shape index (κ1) is 14.3. The number of carbonyl (C=O) groups excluding carboxylic acids is 2. The fourth-order valence-corrected chi connectivity index (χ4v) is 2.74. The topological polar surface area (TPSA) is 93.8 Å². The number of amides is 2. The SMILES string of the molecule is N#C[C@@H]1C(=O)NC(=O)[C@H](C#N)C1c1ccc(Cl)cc1Cl. The molecular weight excluding hydrogens is 301 g/mol. The molecule has 0 bridgehead atoms. The number of rotatable bonds is 1. The average molecular weight is 308 g/mol. The minimum Gasteiger partial charge on any atom is -0.294 e. The van der Waals surface area contributed by atoms with Gasteiger partial charge in [0.15, 0.2) is 0 Å². The number of piperidine rings is 1. The van der Waals surface area contributed by atoms with E-state index >= 15 is 0 Å². The molecule has 1 aromatic rings. The molecule has 1 aliphatic rings. The maximum absolute atomic E-state index is 11.7. The normalized spacial score (nSPS) is 25.5. The Balaban J connectivity index is 2.58. The van der Waals surface area contributed by atoms with Crippen molar-refractivity contribution in [3.8, 4) is 12.1 Å².